The van der Waals surface area contributed by atoms with E-state index in [0.29, 0.717) is 22.2 Å². The Labute approximate surface area is 141 Å². The highest BCUT2D eigenvalue weighted by Crippen LogP contribution is 2.34. The van der Waals surface area contributed by atoms with E-state index < -0.39 is 0 Å². The highest BCUT2D eigenvalue weighted by Gasteiger charge is 2.20. The number of fused-ring (bicyclic) bond motifs is 1. The molecule has 1 aliphatic heterocycles. The summed E-state index contributed by atoms with van der Waals surface area (Å²) in [4.78, 5) is 12.4. The second-order valence-corrected chi connectivity index (χ2v) is 6.61. The van der Waals surface area contributed by atoms with Crippen molar-refractivity contribution < 1.29 is 9.53 Å². The Balaban J connectivity index is 1.90. The van der Waals surface area contributed by atoms with Crippen molar-refractivity contribution in [3.05, 3.63) is 61.5 Å². The lowest BCUT2D eigenvalue weighted by atomic mass is 10.00. The molecule has 0 N–H and O–H groups in total. The zero-order valence-corrected chi connectivity index (χ0v) is 14.1. The van der Waals surface area contributed by atoms with E-state index in [1.165, 1.54) is 0 Å². The number of Topliss-reactive ketones (excluding diaryl/α,β-unsaturated/α-hetero) is 1. The minimum atomic E-state index is -0.00985. The van der Waals surface area contributed by atoms with Crippen molar-refractivity contribution in [2.24, 2.45) is 0 Å². The summed E-state index contributed by atoms with van der Waals surface area (Å²) in [6, 6.07) is 8.90. The van der Waals surface area contributed by atoms with Crippen LogP contribution in [0.4, 0.5) is 0 Å². The van der Waals surface area contributed by atoms with Crippen molar-refractivity contribution in [3.63, 3.8) is 0 Å². The number of ketones is 1. The highest BCUT2D eigenvalue weighted by molar-refractivity contribution is 9.10. The fourth-order valence-corrected chi connectivity index (χ4v) is 3.27. The third-order valence-electron chi connectivity index (χ3n) is 3.42. The molecule has 3 rings (SSSR count). The first-order chi connectivity index (χ1) is 10.0. The Hall–Kier alpha value is -1.03. The van der Waals surface area contributed by atoms with Gasteiger partial charge in [0.2, 0.25) is 0 Å². The number of carbonyl (C=O) groups is 1. The maximum atomic E-state index is 12.4. The van der Waals surface area contributed by atoms with E-state index in [0.717, 1.165) is 27.8 Å². The second-order valence-electron chi connectivity index (χ2n) is 4.88. The Kier molecular flexibility index (Phi) is 4.25. The van der Waals surface area contributed by atoms with Gasteiger partial charge in [0.15, 0.2) is 5.78 Å². The SMILES string of the molecule is O=C(Cc1cc(Br)cc2c1OCC2)c1ccc(Cl)c(Cl)c1. The molecule has 0 aromatic heterocycles. The molecule has 0 saturated heterocycles. The topological polar surface area (TPSA) is 26.3 Å². The first-order valence-corrected chi connectivity index (χ1v) is 8.02. The average molecular weight is 386 g/mol. The van der Waals surface area contributed by atoms with E-state index in [4.69, 9.17) is 27.9 Å². The van der Waals surface area contributed by atoms with Gasteiger partial charge in [0.1, 0.15) is 5.75 Å². The minimum Gasteiger partial charge on any atom is -0.493 e. The Morgan fingerprint density at radius 2 is 2.00 bits per heavy atom. The Bertz CT molecular complexity index is 728. The van der Waals surface area contributed by atoms with E-state index in [1.54, 1.807) is 18.2 Å². The third kappa shape index (κ3) is 3.10. The van der Waals surface area contributed by atoms with Crippen LogP contribution in [0.25, 0.3) is 0 Å². The molecular weight excluding hydrogens is 375 g/mol. The second kappa shape index (κ2) is 5.99. The van der Waals surface area contributed by atoms with Crippen LogP contribution < -0.4 is 4.74 Å². The fraction of sp³-hybridized carbons (Fsp3) is 0.188. The van der Waals surface area contributed by atoms with Crippen LogP contribution in [0.1, 0.15) is 21.5 Å². The zero-order valence-electron chi connectivity index (χ0n) is 11.0. The van der Waals surface area contributed by atoms with Crippen molar-refractivity contribution in [1.29, 1.82) is 0 Å². The molecule has 2 aromatic carbocycles. The van der Waals surface area contributed by atoms with Crippen LogP contribution in [-0.4, -0.2) is 12.4 Å². The van der Waals surface area contributed by atoms with Crippen LogP contribution in [0.2, 0.25) is 10.0 Å². The van der Waals surface area contributed by atoms with Gasteiger partial charge in [0.05, 0.1) is 16.7 Å². The molecule has 21 heavy (non-hydrogen) atoms. The molecule has 0 atom stereocenters. The highest BCUT2D eigenvalue weighted by atomic mass is 79.9. The molecule has 0 unspecified atom stereocenters. The fourth-order valence-electron chi connectivity index (χ4n) is 2.42. The van der Waals surface area contributed by atoms with Gasteiger partial charge < -0.3 is 4.74 Å². The largest absolute Gasteiger partial charge is 0.493 e. The van der Waals surface area contributed by atoms with Gasteiger partial charge in [-0.1, -0.05) is 39.1 Å². The monoisotopic (exact) mass is 384 g/mol. The van der Waals surface area contributed by atoms with E-state index >= 15 is 0 Å². The van der Waals surface area contributed by atoms with Crippen LogP contribution in [0, 0.1) is 0 Å². The predicted molar refractivity (Wildman–Crippen MR) is 87.8 cm³/mol. The zero-order chi connectivity index (χ0) is 15.0. The van der Waals surface area contributed by atoms with E-state index in [-0.39, 0.29) is 12.2 Å². The summed E-state index contributed by atoms with van der Waals surface area (Å²) in [5.74, 6) is 0.830. The van der Waals surface area contributed by atoms with Crippen LogP contribution in [0.5, 0.6) is 5.75 Å². The number of benzene rings is 2. The summed E-state index contributed by atoms with van der Waals surface area (Å²) in [5, 5.41) is 0.832. The van der Waals surface area contributed by atoms with Crippen molar-refractivity contribution >= 4 is 44.9 Å². The van der Waals surface area contributed by atoms with E-state index in [1.807, 2.05) is 12.1 Å². The lowest BCUT2D eigenvalue weighted by molar-refractivity contribution is 0.0992. The molecule has 0 spiro atoms. The summed E-state index contributed by atoms with van der Waals surface area (Å²) in [7, 11) is 0. The molecule has 0 radical (unpaired) electrons. The van der Waals surface area contributed by atoms with Gasteiger partial charge in [-0.15, -0.1) is 0 Å². The minimum absolute atomic E-state index is 0.00985. The molecular formula is C16H11BrCl2O2. The van der Waals surface area contributed by atoms with Crippen LogP contribution in [-0.2, 0) is 12.8 Å². The summed E-state index contributed by atoms with van der Waals surface area (Å²) >= 11 is 15.3. The van der Waals surface area contributed by atoms with E-state index in [2.05, 4.69) is 15.9 Å². The van der Waals surface area contributed by atoms with Gasteiger partial charge in [-0.25, -0.2) is 0 Å². The van der Waals surface area contributed by atoms with Crippen molar-refractivity contribution in [1.82, 2.24) is 0 Å². The first kappa shape index (κ1) is 14.9. The lowest BCUT2D eigenvalue weighted by Gasteiger charge is -2.09. The molecule has 2 nitrogen and oxygen atoms in total. The molecule has 5 heteroatoms. The number of ether oxygens (including phenoxy) is 1. The molecule has 0 fully saturated rings. The number of rotatable bonds is 3. The summed E-state index contributed by atoms with van der Waals surface area (Å²) < 4.78 is 6.61. The Morgan fingerprint density at radius 1 is 1.19 bits per heavy atom. The maximum absolute atomic E-state index is 12.4. The number of hydrogen-bond acceptors (Lipinski definition) is 2. The van der Waals surface area contributed by atoms with Crippen molar-refractivity contribution in [3.8, 4) is 5.75 Å². The van der Waals surface area contributed by atoms with Crippen LogP contribution >= 0.6 is 39.1 Å². The molecule has 1 aliphatic rings. The summed E-state index contributed by atoms with van der Waals surface area (Å²) in [6.07, 6.45) is 1.16. The predicted octanol–water partition coefficient (Wildman–Crippen LogP) is 5.12. The molecule has 1 heterocycles. The summed E-state index contributed by atoms with van der Waals surface area (Å²) in [5.41, 5.74) is 2.59. The van der Waals surface area contributed by atoms with Crippen LogP contribution in [0.15, 0.2) is 34.8 Å². The van der Waals surface area contributed by atoms with Gasteiger partial charge in [0, 0.05) is 28.4 Å². The standard InChI is InChI=1S/C16H11BrCl2O2/c17-12-5-10-3-4-21-16(10)11(6-12)8-15(20)9-1-2-13(18)14(19)7-9/h1-2,5-7H,3-4,8H2. The molecule has 2 aromatic rings. The van der Waals surface area contributed by atoms with E-state index in [9.17, 15) is 4.79 Å². The van der Waals surface area contributed by atoms with Crippen molar-refractivity contribution in [2.75, 3.05) is 6.61 Å². The lowest BCUT2D eigenvalue weighted by Crippen LogP contribution is -2.05. The quantitative estimate of drug-likeness (QED) is 0.685. The summed E-state index contributed by atoms with van der Waals surface area (Å²) in [6.45, 7) is 0.666. The average Bonchev–Trinajstić information content (AvgIpc) is 2.90. The molecule has 0 aliphatic carbocycles. The smallest absolute Gasteiger partial charge is 0.167 e. The van der Waals surface area contributed by atoms with Gasteiger partial charge >= 0.3 is 0 Å². The molecule has 0 saturated carbocycles. The first-order valence-electron chi connectivity index (χ1n) is 6.47. The number of hydrogen-bond donors (Lipinski definition) is 0. The normalized spacial score (nSPS) is 12.9. The van der Waals surface area contributed by atoms with Gasteiger partial charge in [-0.2, -0.15) is 0 Å². The maximum Gasteiger partial charge on any atom is 0.167 e. The Morgan fingerprint density at radius 3 is 2.76 bits per heavy atom. The van der Waals surface area contributed by atoms with Gasteiger partial charge in [-0.05, 0) is 35.9 Å². The van der Waals surface area contributed by atoms with Crippen LogP contribution in [0.3, 0.4) is 0 Å². The molecule has 0 bridgehead atoms. The third-order valence-corrected chi connectivity index (χ3v) is 4.61. The van der Waals surface area contributed by atoms with Gasteiger partial charge in [-0.3, -0.25) is 4.79 Å². The molecule has 108 valence electrons. The molecule has 0 amide bonds. The van der Waals surface area contributed by atoms with Crippen molar-refractivity contribution in [2.45, 2.75) is 12.8 Å². The van der Waals surface area contributed by atoms with Gasteiger partial charge in [0.25, 0.3) is 0 Å². The number of halogens is 3. The number of carbonyl (C=O) groups excluding carboxylic acids is 1.